The average Bonchev–Trinajstić information content (AvgIpc) is 2.60. The van der Waals surface area contributed by atoms with Gasteiger partial charge in [-0.3, -0.25) is 4.79 Å². The van der Waals surface area contributed by atoms with Crippen molar-refractivity contribution in [1.82, 2.24) is 0 Å². The van der Waals surface area contributed by atoms with E-state index < -0.39 is 5.91 Å². The normalized spacial score (nSPS) is 10.1. The highest BCUT2D eigenvalue weighted by atomic mass is 16.5. The maximum absolute atomic E-state index is 11.4. The largest absolute Gasteiger partial charge is 0.497 e. The summed E-state index contributed by atoms with van der Waals surface area (Å²) in [6, 6.07) is 12.2. The fourth-order valence-corrected chi connectivity index (χ4v) is 2.06. The van der Waals surface area contributed by atoms with Gasteiger partial charge in [0.05, 0.1) is 19.3 Å². The first-order chi connectivity index (χ1) is 11.6. The van der Waals surface area contributed by atoms with Gasteiger partial charge in [-0.15, -0.1) is 0 Å². The van der Waals surface area contributed by atoms with Crippen LogP contribution < -0.4 is 24.7 Å². The molecular formula is C18H21NO5. The van der Waals surface area contributed by atoms with E-state index >= 15 is 0 Å². The van der Waals surface area contributed by atoms with Crippen molar-refractivity contribution in [3.63, 3.8) is 0 Å². The maximum atomic E-state index is 11.4. The van der Waals surface area contributed by atoms with E-state index in [1.54, 1.807) is 18.2 Å². The van der Waals surface area contributed by atoms with E-state index in [0.29, 0.717) is 36.0 Å². The standard InChI is InChI=1S/C18H21NO5/c1-3-22-13-4-6-14(7-5-13)23-10-11-24-17-12-15(21-2)8-9-16(17)18(19)20/h4-9,12H,3,10-11H2,1-2H3,(H2,19,20). The van der Waals surface area contributed by atoms with Gasteiger partial charge in [-0.2, -0.15) is 0 Å². The fraction of sp³-hybridized carbons (Fsp3) is 0.278. The molecule has 0 fully saturated rings. The summed E-state index contributed by atoms with van der Waals surface area (Å²) < 4.78 is 21.7. The van der Waals surface area contributed by atoms with Crippen LogP contribution in [-0.4, -0.2) is 32.8 Å². The molecule has 0 bridgehead atoms. The van der Waals surface area contributed by atoms with Crippen molar-refractivity contribution < 1.29 is 23.7 Å². The van der Waals surface area contributed by atoms with E-state index in [9.17, 15) is 4.79 Å². The average molecular weight is 331 g/mol. The van der Waals surface area contributed by atoms with Crippen LogP contribution in [0, 0.1) is 0 Å². The molecule has 0 saturated carbocycles. The number of hydrogen-bond donors (Lipinski definition) is 1. The van der Waals surface area contributed by atoms with E-state index in [4.69, 9.17) is 24.7 Å². The summed E-state index contributed by atoms with van der Waals surface area (Å²) in [5.74, 6) is 1.91. The lowest BCUT2D eigenvalue weighted by Gasteiger charge is -2.12. The lowest BCUT2D eigenvalue weighted by Crippen LogP contribution is -2.15. The monoisotopic (exact) mass is 331 g/mol. The van der Waals surface area contributed by atoms with Gasteiger partial charge >= 0.3 is 0 Å². The summed E-state index contributed by atoms with van der Waals surface area (Å²) in [6.07, 6.45) is 0. The Morgan fingerprint density at radius 3 is 2.08 bits per heavy atom. The van der Waals surface area contributed by atoms with Crippen molar-refractivity contribution >= 4 is 5.91 Å². The Morgan fingerprint density at radius 1 is 0.917 bits per heavy atom. The SMILES string of the molecule is CCOc1ccc(OCCOc2cc(OC)ccc2C(N)=O)cc1. The van der Waals surface area contributed by atoms with Crippen molar-refractivity contribution in [3.05, 3.63) is 48.0 Å². The van der Waals surface area contributed by atoms with Gasteiger partial charge in [0.2, 0.25) is 0 Å². The summed E-state index contributed by atoms with van der Waals surface area (Å²) in [5, 5.41) is 0. The van der Waals surface area contributed by atoms with Crippen molar-refractivity contribution in [2.45, 2.75) is 6.92 Å². The van der Waals surface area contributed by atoms with Gasteiger partial charge in [0, 0.05) is 6.07 Å². The summed E-state index contributed by atoms with van der Waals surface area (Å²) >= 11 is 0. The minimum absolute atomic E-state index is 0.265. The molecule has 1 amide bonds. The molecule has 6 nitrogen and oxygen atoms in total. The molecule has 0 spiro atoms. The smallest absolute Gasteiger partial charge is 0.252 e. The molecule has 2 aromatic rings. The van der Waals surface area contributed by atoms with Gasteiger partial charge < -0.3 is 24.7 Å². The quantitative estimate of drug-likeness (QED) is 0.715. The summed E-state index contributed by atoms with van der Waals surface area (Å²) in [4.78, 5) is 11.4. The molecule has 128 valence electrons. The summed E-state index contributed by atoms with van der Waals surface area (Å²) in [5.41, 5.74) is 5.64. The molecule has 0 unspecified atom stereocenters. The third kappa shape index (κ3) is 4.81. The van der Waals surface area contributed by atoms with Gasteiger partial charge in [0.15, 0.2) is 0 Å². The Hall–Kier alpha value is -2.89. The molecule has 2 rings (SSSR count). The van der Waals surface area contributed by atoms with E-state index in [1.165, 1.54) is 7.11 Å². The van der Waals surface area contributed by atoms with Crippen LogP contribution in [0.4, 0.5) is 0 Å². The third-order valence-electron chi connectivity index (χ3n) is 3.20. The van der Waals surface area contributed by atoms with Crippen LogP contribution in [0.1, 0.15) is 17.3 Å². The van der Waals surface area contributed by atoms with Gasteiger partial charge in [-0.05, 0) is 43.3 Å². The van der Waals surface area contributed by atoms with Crippen LogP contribution in [0.2, 0.25) is 0 Å². The molecule has 0 heterocycles. The maximum Gasteiger partial charge on any atom is 0.252 e. The number of carbonyl (C=O) groups excluding carboxylic acids is 1. The highest BCUT2D eigenvalue weighted by molar-refractivity contribution is 5.95. The van der Waals surface area contributed by atoms with E-state index in [1.807, 2.05) is 31.2 Å². The van der Waals surface area contributed by atoms with Gasteiger partial charge in [-0.25, -0.2) is 0 Å². The van der Waals surface area contributed by atoms with Crippen molar-refractivity contribution in [3.8, 4) is 23.0 Å². The van der Waals surface area contributed by atoms with E-state index in [-0.39, 0.29) is 6.61 Å². The number of carbonyl (C=O) groups is 1. The Labute approximate surface area is 141 Å². The number of nitrogens with two attached hydrogens (primary N) is 1. The third-order valence-corrected chi connectivity index (χ3v) is 3.20. The Kier molecular flexibility index (Phi) is 6.31. The Morgan fingerprint density at radius 2 is 1.50 bits per heavy atom. The molecule has 6 heteroatoms. The number of ether oxygens (including phenoxy) is 4. The zero-order valence-electron chi connectivity index (χ0n) is 13.8. The molecule has 0 aliphatic carbocycles. The first-order valence-corrected chi connectivity index (χ1v) is 7.60. The number of benzene rings is 2. The van der Waals surface area contributed by atoms with Crippen molar-refractivity contribution in [2.24, 2.45) is 5.73 Å². The lowest BCUT2D eigenvalue weighted by atomic mass is 10.2. The number of rotatable bonds is 9. The number of amides is 1. The number of methoxy groups -OCH3 is 1. The van der Waals surface area contributed by atoms with E-state index in [0.717, 1.165) is 5.75 Å². The van der Waals surface area contributed by atoms with Crippen LogP contribution in [-0.2, 0) is 0 Å². The van der Waals surface area contributed by atoms with Gasteiger partial charge in [0.25, 0.3) is 5.91 Å². The topological polar surface area (TPSA) is 80.0 Å². The second-order valence-corrected chi connectivity index (χ2v) is 4.83. The zero-order valence-corrected chi connectivity index (χ0v) is 13.8. The highest BCUT2D eigenvalue weighted by Crippen LogP contribution is 2.24. The lowest BCUT2D eigenvalue weighted by molar-refractivity contribution is 0.0995. The van der Waals surface area contributed by atoms with Crippen LogP contribution >= 0.6 is 0 Å². The predicted octanol–water partition coefficient (Wildman–Crippen LogP) is 2.65. The van der Waals surface area contributed by atoms with Crippen LogP contribution in [0.15, 0.2) is 42.5 Å². The predicted molar refractivity (Wildman–Crippen MR) is 90.1 cm³/mol. The fourth-order valence-electron chi connectivity index (χ4n) is 2.06. The molecular weight excluding hydrogens is 310 g/mol. The Bertz CT molecular complexity index is 670. The minimum Gasteiger partial charge on any atom is -0.497 e. The van der Waals surface area contributed by atoms with Gasteiger partial charge in [-0.1, -0.05) is 0 Å². The van der Waals surface area contributed by atoms with E-state index in [2.05, 4.69) is 0 Å². The molecule has 0 aliphatic heterocycles. The molecule has 0 atom stereocenters. The summed E-state index contributed by atoms with van der Waals surface area (Å²) in [7, 11) is 1.54. The first kappa shape index (κ1) is 17.5. The molecule has 0 aliphatic rings. The summed E-state index contributed by atoms with van der Waals surface area (Å²) in [6.45, 7) is 3.14. The second-order valence-electron chi connectivity index (χ2n) is 4.83. The molecule has 2 aromatic carbocycles. The van der Waals surface area contributed by atoms with Crippen LogP contribution in [0.5, 0.6) is 23.0 Å². The van der Waals surface area contributed by atoms with Gasteiger partial charge in [0.1, 0.15) is 36.2 Å². The number of hydrogen-bond acceptors (Lipinski definition) is 5. The highest BCUT2D eigenvalue weighted by Gasteiger charge is 2.11. The molecule has 0 saturated heterocycles. The number of primary amides is 1. The first-order valence-electron chi connectivity index (χ1n) is 7.60. The minimum atomic E-state index is -0.555. The molecule has 24 heavy (non-hydrogen) atoms. The Balaban J connectivity index is 1.88. The molecule has 2 N–H and O–H groups in total. The van der Waals surface area contributed by atoms with Crippen LogP contribution in [0.3, 0.4) is 0 Å². The van der Waals surface area contributed by atoms with Crippen LogP contribution in [0.25, 0.3) is 0 Å². The zero-order chi connectivity index (χ0) is 17.4. The molecule has 0 aromatic heterocycles. The second kappa shape index (κ2) is 8.67. The molecule has 0 radical (unpaired) electrons. The van der Waals surface area contributed by atoms with Crippen molar-refractivity contribution in [1.29, 1.82) is 0 Å². The van der Waals surface area contributed by atoms with Crippen molar-refractivity contribution in [2.75, 3.05) is 26.9 Å².